The van der Waals surface area contributed by atoms with Gasteiger partial charge in [-0.3, -0.25) is 9.69 Å². The zero-order valence-corrected chi connectivity index (χ0v) is 12.2. The number of hydrogen-bond donors (Lipinski definition) is 1. The smallest absolute Gasteiger partial charge is 0.410 e. The Balaban J connectivity index is 1.68. The fourth-order valence-corrected chi connectivity index (χ4v) is 2.75. The van der Waals surface area contributed by atoms with E-state index in [9.17, 15) is 9.59 Å². The van der Waals surface area contributed by atoms with Crippen molar-refractivity contribution in [2.75, 3.05) is 39.4 Å². The molecule has 22 heavy (non-hydrogen) atoms. The normalized spacial score (nSPS) is 20.6. The predicted molar refractivity (Wildman–Crippen MR) is 78.7 cm³/mol. The quantitative estimate of drug-likeness (QED) is 0.865. The van der Waals surface area contributed by atoms with Crippen LogP contribution in [0.15, 0.2) is 24.3 Å². The predicted octanol–water partition coefficient (Wildman–Crippen LogP) is 0.301. The number of carbonyl (C=O) groups is 2. The van der Waals surface area contributed by atoms with Crippen molar-refractivity contribution in [1.29, 1.82) is 0 Å². The van der Waals surface area contributed by atoms with Crippen molar-refractivity contribution in [1.82, 2.24) is 9.80 Å². The number of piperazine rings is 1. The summed E-state index contributed by atoms with van der Waals surface area (Å²) in [4.78, 5) is 27.5. The van der Waals surface area contributed by atoms with Crippen LogP contribution in [0, 0.1) is 0 Å². The second-order valence-corrected chi connectivity index (χ2v) is 5.34. The van der Waals surface area contributed by atoms with E-state index in [1.165, 1.54) is 0 Å². The van der Waals surface area contributed by atoms with E-state index in [1.54, 1.807) is 34.1 Å². The van der Waals surface area contributed by atoms with Gasteiger partial charge in [0.25, 0.3) is 5.91 Å². The number of fused-ring (bicyclic) bond motifs is 1. The Hall–Kier alpha value is -2.28. The molecule has 0 spiro atoms. The third kappa shape index (κ3) is 2.85. The highest BCUT2D eigenvalue weighted by Crippen LogP contribution is 2.21. The first-order valence-corrected chi connectivity index (χ1v) is 7.34. The van der Waals surface area contributed by atoms with Crippen molar-refractivity contribution in [3.05, 3.63) is 29.8 Å². The van der Waals surface area contributed by atoms with E-state index in [-0.39, 0.29) is 18.0 Å². The lowest BCUT2D eigenvalue weighted by molar-refractivity contribution is 0.0616. The van der Waals surface area contributed by atoms with Crippen LogP contribution in [0.1, 0.15) is 10.4 Å². The molecule has 2 aliphatic heterocycles. The van der Waals surface area contributed by atoms with Crippen molar-refractivity contribution in [3.8, 4) is 5.75 Å². The number of cyclic esters (lactones) is 1. The molecule has 1 aromatic rings. The first-order chi connectivity index (χ1) is 10.7. The Labute approximate surface area is 128 Å². The third-order valence-corrected chi connectivity index (χ3v) is 3.87. The number of benzene rings is 1. The molecule has 3 rings (SSSR count). The highest BCUT2D eigenvalue weighted by atomic mass is 16.6. The summed E-state index contributed by atoms with van der Waals surface area (Å²) in [6.07, 6.45) is -0.283. The zero-order valence-electron chi connectivity index (χ0n) is 12.2. The molecule has 2 aliphatic rings. The fraction of sp³-hybridized carbons (Fsp3) is 0.467. The summed E-state index contributed by atoms with van der Waals surface area (Å²) in [5.74, 6) is 0.575. The minimum Gasteiger partial charge on any atom is -0.492 e. The Morgan fingerprint density at radius 2 is 2.27 bits per heavy atom. The molecule has 0 radical (unpaired) electrons. The van der Waals surface area contributed by atoms with Gasteiger partial charge >= 0.3 is 6.09 Å². The minimum atomic E-state index is -0.283. The molecule has 0 aromatic heterocycles. The van der Waals surface area contributed by atoms with Gasteiger partial charge in [0.05, 0.1) is 6.04 Å². The molecule has 2 saturated heterocycles. The number of nitrogens with zero attached hydrogens (tertiary/aromatic N) is 2. The topological polar surface area (TPSA) is 85.1 Å². The number of carbonyl (C=O) groups excluding carboxylic acids is 2. The molecule has 7 heteroatoms. The largest absolute Gasteiger partial charge is 0.492 e. The number of rotatable bonds is 4. The Bertz CT molecular complexity index is 578. The summed E-state index contributed by atoms with van der Waals surface area (Å²) in [5.41, 5.74) is 5.98. The number of amides is 2. The van der Waals surface area contributed by atoms with Gasteiger partial charge in [-0.05, 0) is 18.2 Å². The summed E-state index contributed by atoms with van der Waals surface area (Å²) in [6.45, 7) is 2.71. The Morgan fingerprint density at radius 3 is 3.09 bits per heavy atom. The Kier molecular flexibility index (Phi) is 4.15. The molecular formula is C15H19N3O4. The summed E-state index contributed by atoms with van der Waals surface area (Å²) in [7, 11) is 0. The molecule has 1 atom stereocenters. The van der Waals surface area contributed by atoms with E-state index < -0.39 is 0 Å². The van der Waals surface area contributed by atoms with Crippen LogP contribution >= 0.6 is 0 Å². The lowest BCUT2D eigenvalue weighted by Gasteiger charge is -2.35. The van der Waals surface area contributed by atoms with Crippen LogP contribution < -0.4 is 10.5 Å². The molecule has 2 N–H and O–H groups in total. The van der Waals surface area contributed by atoms with Crippen molar-refractivity contribution < 1.29 is 19.1 Å². The van der Waals surface area contributed by atoms with Crippen LogP contribution in [0.3, 0.4) is 0 Å². The second kappa shape index (κ2) is 6.23. The molecule has 7 nitrogen and oxygen atoms in total. The average molecular weight is 305 g/mol. The van der Waals surface area contributed by atoms with Gasteiger partial charge in [-0.1, -0.05) is 6.07 Å². The monoisotopic (exact) mass is 305 g/mol. The fourth-order valence-electron chi connectivity index (χ4n) is 2.75. The van der Waals surface area contributed by atoms with E-state index in [2.05, 4.69) is 0 Å². The molecule has 118 valence electrons. The molecule has 1 unspecified atom stereocenters. The van der Waals surface area contributed by atoms with Gasteiger partial charge < -0.3 is 20.1 Å². The standard InChI is InChI=1S/C15H19N3O4/c16-4-7-21-13-3-1-2-11(8-13)14(19)17-5-6-18-12(9-17)10-22-15(18)20/h1-3,8,12H,4-7,9-10,16H2. The summed E-state index contributed by atoms with van der Waals surface area (Å²) >= 11 is 0. The number of ether oxygens (including phenoxy) is 2. The minimum absolute atomic E-state index is 0.0399. The van der Waals surface area contributed by atoms with Gasteiger partial charge in [-0.2, -0.15) is 0 Å². The summed E-state index contributed by atoms with van der Waals surface area (Å²) in [5, 5.41) is 0. The van der Waals surface area contributed by atoms with Crippen LogP contribution in [0.4, 0.5) is 4.79 Å². The molecule has 2 fully saturated rings. The maximum Gasteiger partial charge on any atom is 0.410 e. The van der Waals surface area contributed by atoms with Crippen LogP contribution in [-0.4, -0.2) is 67.2 Å². The summed E-state index contributed by atoms with van der Waals surface area (Å²) in [6, 6.07) is 7.04. The van der Waals surface area contributed by atoms with Crippen molar-refractivity contribution >= 4 is 12.0 Å². The van der Waals surface area contributed by atoms with Crippen LogP contribution in [-0.2, 0) is 4.74 Å². The highest BCUT2D eigenvalue weighted by molar-refractivity contribution is 5.94. The summed E-state index contributed by atoms with van der Waals surface area (Å²) < 4.78 is 10.5. The molecule has 0 saturated carbocycles. The maximum atomic E-state index is 12.6. The van der Waals surface area contributed by atoms with E-state index in [1.807, 2.05) is 0 Å². The maximum absolute atomic E-state index is 12.6. The van der Waals surface area contributed by atoms with E-state index in [0.29, 0.717) is 50.7 Å². The van der Waals surface area contributed by atoms with Crippen LogP contribution in [0.5, 0.6) is 5.75 Å². The zero-order chi connectivity index (χ0) is 15.5. The van der Waals surface area contributed by atoms with Crippen molar-refractivity contribution in [2.45, 2.75) is 6.04 Å². The molecule has 0 aliphatic carbocycles. The molecule has 2 heterocycles. The van der Waals surface area contributed by atoms with E-state index >= 15 is 0 Å². The lowest BCUT2D eigenvalue weighted by atomic mass is 10.1. The van der Waals surface area contributed by atoms with Gasteiger partial charge in [0.1, 0.15) is 19.0 Å². The second-order valence-electron chi connectivity index (χ2n) is 5.34. The molecular weight excluding hydrogens is 286 g/mol. The molecule has 1 aromatic carbocycles. The SMILES string of the molecule is NCCOc1cccc(C(=O)N2CCN3C(=O)OCC3C2)c1. The van der Waals surface area contributed by atoms with Crippen LogP contribution in [0.25, 0.3) is 0 Å². The van der Waals surface area contributed by atoms with Gasteiger partial charge in [0.15, 0.2) is 0 Å². The van der Waals surface area contributed by atoms with Crippen LogP contribution in [0.2, 0.25) is 0 Å². The highest BCUT2D eigenvalue weighted by Gasteiger charge is 2.38. The lowest BCUT2D eigenvalue weighted by Crippen LogP contribution is -2.53. The first kappa shape index (κ1) is 14.6. The van der Waals surface area contributed by atoms with Gasteiger partial charge in [0, 0.05) is 31.7 Å². The van der Waals surface area contributed by atoms with Gasteiger partial charge in [-0.25, -0.2) is 4.79 Å². The van der Waals surface area contributed by atoms with Gasteiger partial charge in [0.2, 0.25) is 0 Å². The average Bonchev–Trinajstić information content (AvgIpc) is 2.93. The number of hydrogen-bond acceptors (Lipinski definition) is 5. The molecule has 2 amide bonds. The van der Waals surface area contributed by atoms with E-state index in [4.69, 9.17) is 15.2 Å². The van der Waals surface area contributed by atoms with Crippen molar-refractivity contribution in [2.24, 2.45) is 5.73 Å². The van der Waals surface area contributed by atoms with Crippen molar-refractivity contribution in [3.63, 3.8) is 0 Å². The third-order valence-electron chi connectivity index (χ3n) is 3.87. The first-order valence-electron chi connectivity index (χ1n) is 7.34. The molecule has 0 bridgehead atoms. The Morgan fingerprint density at radius 1 is 1.41 bits per heavy atom. The van der Waals surface area contributed by atoms with E-state index in [0.717, 1.165) is 0 Å². The van der Waals surface area contributed by atoms with Gasteiger partial charge in [-0.15, -0.1) is 0 Å². The number of nitrogens with two attached hydrogens (primary N) is 1.